The molecule has 0 aliphatic rings. The lowest BCUT2D eigenvalue weighted by Crippen LogP contribution is -2.52. The molecule has 0 fully saturated rings. The van der Waals surface area contributed by atoms with E-state index in [1.165, 1.54) is 0 Å². The molecular weight excluding hydrogens is 324 g/mol. The van der Waals surface area contributed by atoms with Crippen LogP contribution >= 0.6 is 0 Å². The van der Waals surface area contributed by atoms with Crippen LogP contribution in [0.15, 0.2) is 30.3 Å². The number of methoxy groups -OCH3 is 4. The third-order valence-corrected chi connectivity index (χ3v) is 7.77. The van der Waals surface area contributed by atoms with Crippen molar-refractivity contribution in [2.24, 2.45) is 0 Å². The maximum Gasteiger partial charge on any atom is 0.203 e. The Kier molecular flexibility index (Phi) is 5.29. The van der Waals surface area contributed by atoms with E-state index in [9.17, 15) is 5.11 Å². The lowest BCUT2D eigenvalue weighted by atomic mass is 10.3. The molecule has 0 bridgehead atoms. The van der Waals surface area contributed by atoms with Gasteiger partial charge in [0.25, 0.3) is 0 Å². The Labute approximate surface area is 143 Å². The van der Waals surface area contributed by atoms with Gasteiger partial charge in [-0.15, -0.1) is 0 Å². The molecule has 0 radical (unpaired) electrons. The summed E-state index contributed by atoms with van der Waals surface area (Å²) in [6.45, 7) is 4.44. The highest BCUT2D eigenvalue weighted by molar-refractivity contribution is 7.00. The number of hydrogen-bond acceptors (Lipinski definition) is 5. The highest BCUT2D eigenvalue weighted by Crippen LogP contribution is 2.36. The summed E-state index contributed by atoms with van der Waals surface area (Å²) in [5.74, 6) is 2.46. The predicted octanol–water partition coefficient (Wildman–Crippen LogP) is 2.25. The van der Waals surface area contributed by atoms with Crippen LogP contribution in [0.4, 0.5) is 0 Å². The SMILES string of the molecule is COc1cc([Si](C)(C)c2cc(OC)c(OC)c(OC)c2)ccc1O. The van der Waals surface area contributed by atoms with Gasteiger partial charge in [-0.1, -0.05) is 24.3 Å². The van der Waals surface area contributed by atoms with Gasteiger partial charge in [0, 0.05) is 0 Å². The molecule has 0 aliphatic carbocycles. The van der Waals surface area contributed by atoms with Crippen molar-refractivity contribution in [3.63, 3.8) is 0 Å². The van der Waals surface area contributed by atoms with Gasteiger partial charge in [-0.25, -0.2) is 0 Å². The van der Waals surface area contributed by atoms with E-state index in [1.807, 2.05) is 24.3 Å². The largest absolute Gasteiger partial charge is 0.504 e. The number of benzene rings is 2. The Morgan fingerprint density at radius 3 is 1.67 bits per heavy atom. The Bertz CT molecular complexity index is 702. The highest BCUT2D eigenvalue weighted by Gasteiger charge is 2.29. The summed E-state index contributed by atoms with van der Waals surface area (Å²) in [7, 11) is 4.30. The van der Waals surface area contributed by atoms with Crippen molar-refractivity contribution in [3.8, 4) is 28.7 Å². The fraction of sp³-hybridized carbons (Fsp3) is 0.333. The van der Waals surface area contributed by atoms with Gasteiger partial charge in [-0.05, 0) is 29.5 Å². The van der Waals surface area contributed by atoms with Gasteiger partial charge < -0.3 is 24.1 Å². The maximum atomic E-state index is 9.84. The van der Waals surface area contributed by atoms with E-state index in [0.29, 0.717) is 23.0 Å². The standard InChI is InChI=1S/C18H24O5Si/c1-20-15-9-12(7-8-14(15)19)24(5,6)13-10-16(21-2)18(23-4)17(11-13)22-3/h7-11,19H,1-6H3. The lowest BCUT2D eigenvalue weighted by Gasteiger charge is -2.26. The minimum absolute atomic E-state index is 0.135. The average Bonchev–Trinajstić information content (AvgIpc) is 2.60. The molecule has 2 rings (SSSR count). The fourth-order valence-corrected chi connectivity index (χ4v) is 4.98. The van der Waals surface area contributed by atoms with Crippen LogP contribution in [-0.4, -0.2) is 41.6 Å². The Morgan fingerprint density at radius 1 is 0.708 bits per heavy atom. The molecule has 5 nitrogen and oxygen atoms in total. The molecule has 130 valence electrons. The molecule has 0 unspecified atom stereocenters. The van der Waals surface area contributed by atoms with Crippen LogP contribution < -0.4 is 29.3 Å². The maximum absolute atomic E-state index is 9.84. The van der Waals surface area contributed by atoms with Crippen molar-refractivity contribution in [2.45, 2.75) is 13.1 Å². The summed E-state index contributed by atoms with van der Waals surface area (Å²) < 4.78 is 21.6. The smallest absolute Gasteiger partial charge is 0.203 e. The van der Waals surface area contributed by atoms with Gasteiger partial charge in [0.15, 0.2) is 23.0 Å². The van der Waals surface area contributed by atoms with E-state index in [2.05, 4.69) is 13.1 Å². The summed E-state index contributed by atoms with van der Waals surface area (Å²) in [5.41, 5.74) is 0. The number of phenols is 1. The average molecular weight is 348 g/mol. The second kappa shape index (κ2) is 7.05. The molecule has 0 spiro atoms. The molecule has 0 aromatic heterocycles. The predicted molar refractivity (Wildman–Crippen MR) is 97.5 cm³/mol. The molecule has 0 saturated carbocycles. The fourth-order valence-electron chi connectivity index (χ4n) is 2.67. The van der Waals surface area contributed by atoms with Crippen LogP contribution in [0.3, 0.4) is 0 Å². The molecule has 0 amide bonds. The van der Waals surface area contributed by atoms with Crippen molar-refractivity contribution < 1.29 is 24.1 Å². The Hall–Kier alpha value is -2.34. The van der Waals surface area contributed by atoms with Crippen LogP contribution in [0.25, 0.3) is 0 Å². The zero-order valence-corrected chi connectivity index (χ0v) is 16.0. The first-order chi connectivity index (χ1) is 11.4. The first-order valence-electron chi connectivity index (χ1n) is 7.57. The quantitative estimate of drug-likeness (QED) is 0.812. The Balaban J connectivity index is 2.60. The molecule has 2 aromatic rings. The van der Waals surface area contributed by atoms with Crippen LogP contribution in [0, 0.1) is 0 Å². The van der Waals surface area contributed by atoms with E-state index in [4.69, 9.17) is 18.9 Å². The topological polar surface area (TPSA) is 57.2 Å². The second-order valence-corrected chi connectivity index (χ2v) is 10.3. The van der Waals surface area contributed by atoms with Crippen molar-refractivity contribution in [3.05, 3.63) is 30.3 Å². The number of ether oxygens (including phenoxy) is 4. The van der Waals surface area contributed by atoms with E-state index in [-0.39, 0.29) is 5.75 Å². The van der Waals surface area contributed by atoms with E-state index in [0.717, 1.165) is 10.4 Å². The number of aromatic hydroxyl groups is 1. The Morgan fingerprint density at radius 2 is 1.21 bits per heavy atom. The van der Waals surface area contributed by atoms with Gasteiger partial charge in [0.2, 0.25) is 5.75 Å². The summed E-state index contributed by atoms with van der Waals surface area (Å²) in [6, 6.07) is 9.48. The third kappa shape index (κ3) is 3.14. The van der Waals surface area contributed by atoms with Crippen LogP contribution in [0.5, 0.6) is 28.7 Å². The molecule has 0 aliphatic heterocycles. The molecule has 6 heteroatoms. The highest BCUT2D eigenvalue weighted by atomic mass is 28.3. The van der Waals surface area contributed by atoms with Gasteiger partial charge in [-0.2, -0.15) is 0 Å². The minimum Gasteiger partial charge on any atom is -0.504 e. The van der Waals surface area contributed by atoms with Gasteiger partial charge in [0.1, 0.15) is 8.07 Å². The zero-order valence-electron chi connectivity index (χ0n) is 15.0. The monoisotopic (exact) mass is 348 g/mol. The number of phenolic OH excluding ortho intramolecular Hbond substituents is 1. The van der Waals surface area contributed by atoms with Crippen molar-refractivity contribution in [2.75, 3.05) is 28.4 Å². The normalized spacial score (nSPS) is 11.1. The van der Waals surface area contributed by atoms with Crippen molar-refractivity contribution in [1.29, 1.82) is 0 Å². The van der Waals surface area contributed by atoms with Crippen LogP contribution in [0.1, 0.15) is 0 Å². The van der Waals surface area contributed by atoms with Crippen molar-refractivity contribution in [1.82, 2.24) is 0 Å². The van der Waals surface area contributed by atoms with E-state index < -0.39 is 8.07 Å². The second-order valence-electron chi connectivity index (χ2n) is 5.93. The minimum atomic E-state index is -2.06. The molecule has 1 N–H and O–H groups in total. The summed E-state index contributed by atoms with van der Waals surface area (Å²) >= 11 is 0. The molecular formula is C18H24O5Si. The van der Waals surface area contributed by atoms with Crippen LogP contribution in [0.2, 0.25) is 13.1 Å². The van der Waals surface area contributed by atoms with E-state index in [1.54, 1.807) is 34.5 Å². The third-order valence-electron chi connectivity index (χ3n) is 4.29. The number of rotatable bonds is 6. The molecule has 0 saturated heterocycles. The molecule has 0 heterocycles. The van der Waals surface area contributed by atoms with E-state index >= 15 is 0 Å². The lowest BCUT2D eigenvalue weighted by molar-refractivity contribution is 0.325. The first kappa shape index (κ1) is 18.0. The molecule has 24 heavy (non-hydrogen) atoms. The van der Waals surface area contributed by atoms with Gasteiger partial charge in [-0.3, -0.25) is 0 Å². The van der Waals surface area contributed by atoms with Crippen molar-refractivity contribution >= 4 is 18.4 Å². The first-order valence-corrected chi connectivity index (χ1v) is 10.6. The van der Waals surface area contributed by atoms with Crippen LogP contribution in [-0.2, 0) is 0 Å². The summed E-state index contributed by atoms with van der Waals surface area (Å²) in [5, 5.41) is 12.1. The molecule has 2 aromatic carbocycles. The van der Waals surface area contributed by atoms with Gasteiger partial charge in [0.05, 0.1) is 28.4 Å². The summed E-state index contributed by atoms with van der Waals surface area (Å²) in [4.78, 5) is 0. The van der Waals surface area contributed by atoms with Gasteiger partial charge >= 0.3 is 0 Å². The zero-order chi connectivity index (χ0) is 17.9. The summed E-state index contributed by atoms with van der Waals surface area (Å²) in [6.07, 6.45) is 0. The molecule has 0 atom stereocenters. The number of hydrogen-bond donors (Lipinski definition) is 1.